The summed E-state index contributed by atoms with van der Waals surface area (Å²) < 4.78 is 7.86. The van der Waals surface area contributed by atoms with Crippen molar-refractivity contribution in [2.75, 3.05) is 5.75 Å². The molecule has 156 valence electrons. The lowest BCUT2D eigenvalue weighted by Gasteiger charge is -2.13. The summed E-state index contributed by atoms with van der Waals surface area (Å²) in [4.78, 5) is 12.4. The highest BCUT2D eigenvalue weighted by atomic mass is 32.2. The summed E-state index contributed by atoms with van der Waals surface area (Å²) in [6.45, 7) is 2.35. The van der Waals surface area contributed by atoms with Crippen molar-refractivity contribution in [3.8, 4) is 11.4 Å². The van der Waals surface area contributed by atoms with Crippen LogP contribution in [0.2, 0.25) is 0 Å². The molecule has 0 atom stereocenters. The van der Waals surface area contributed by atoms with E-state index in [-0.39, 0.29) is 5.91 Å². The van der Waals surface area contributed by atoms with E-state index in [1.54, 1.807) is 0 Å². The second-order valence-corrected chi connectivity index (χ2v) is 8.45. The van der Waals surface area contributed by atoms with E-state index < -0.39 is 0 Å². The molecule has 30 heavy (non-hydrogen) atoms. The lowest BCUT2D eigenvalue weighted by Crippen LogP contribution is -2.33. The maximum Gasteiger partial charge on any atom is 0.230 e. The molecule has 2 aromatic carbocycles. The van der Waals surface area contributed by atoms with Gasteiger partial charge in [-0.15, -0.1) is 10.2 Å². The number of carbonyl (C=O) groups excluding carboxylic acids is 1. The number of nitrogens with one attached hydrogen (secondary N) is 1. The summed E-state index contributed by atoms with van der Waals surface area (Å²) in [5.41, 5.74) is 2.13. The van der Waals surface area contributed by atoms with Gasteiger partial charge in [0.2, 0.25) is 5.91 Å². The average molecular weight is 423 g/mol. The molecule has 0 saturated heterocycles. The third-order valence-corrected chi connectivity index (χ3v) is 6.09. The number of aryl methyl sites for hydroxylation is 1. The Morgan fingerprint density at radius 3 is 2.57 bits per heavy atom. The number of para-hydroxylation sites is 1. The quantitative estimate of drug-likeness (QED) is 0.548. The molecule has 1 fully saturated rings. The fourth-order valence-electron chi connectivity index (χ4n) is 3.57. The van der Waals surface area contributed by atoms with Crippen LogP contribution in [0.1, 0.15) is 37.1 Å². The lowest BCUT2D eigenvalue weighted by atomic mass is 10.2. The standard InChI is InChI=1S/C23H26N4O2S/c1-17-11-13-19(14-12-17)27-21(15-29-20-9-3-2-4-10-20)25-26-23(27)30-16-22(28)24-18-7-5-6-8-18/h2-4,9-14,18H,5-8,15-16H2,1H3,(H,24,28). The van der Waals surface area contributed by atoms with Crippen molar-refractivity contribution < 1.29 is 9.53 Å². The number of rotatable bonds is 8. The largest absolute Gasteiger partial charge is 0.486 e. The predicted molar refractivity (Wildman–Crippen MR) is 118 cm³/mol. The number of nitrogens with zero attached hydrogens (tertiary/aromatic N) is 3. The van der Waals surface area contributed by atoms with Crippen molar-refractivity contribution in [1.29, 1.82) is 0 Å². The first-order valence-corrected chi connectivity index (χ1v) is 11.3. The van der Waals surface area contributed by atoms with E-state index in [1.807, 2.05) is 47.0 Å². The molecular formula is C23H26N4O2S. The van der Waals surface area contributed by atoms with Gasteiger partial charge in [0.25, 0.3) is 0 Å². The molecule has 0 radical (unpaired) electrons. The minimum Gasteiger partial charge on any atom is -0.486 e. The van der Waals surface area contributed by atoms with Gasteiger partial charge < -0.3 is 10.1 Å². The van der Waals surface area contributed by atoms with Crippen molar-refractivity contribution in [3.63, 3.8) is 0 Å². The Hall–Kier alpha value is -2.80. The van der Waals surface area contributed by atoms with E-state index in [2.05, 4.69) is 34.6 Å². The molecule has 7 heteroatoms. The highest BCUT2D eigenvalue weighted by Gasteiger charge is 2.19. The van der Waals surface area contributed by atoms with Gasteiger partial charge in [-0.2, -0.15) is 0 Å². The molecule has 3 aromatic rings. The molecule has 1 aliphatic rings. The van der Waals surface area contributed by atoms with Crippen molar-refractivity contribution in [3.05, 3.63) is 66.0 Å². The Morgan fingerprint density at radius 1 is 1.10 bits per heavy atom. The number of thioether (sulfide) groups is 1. The highest BCUT2D eigenvalue weighted by molar-refractivity contribution is 7.99. The Labute approximate surface area is 181 Å². The summed E-state index contributed by atoms with van der Waals surface area (Å²) in [6.07, 6.45) is 4.56. The molecule has 6 nitrogen and oxygen atoms in total. The van der Waals surface area contributed by atoms with Crippen LogP contribution in [0.15, 0.2) is 59.8 Å². The molecule has 0 unspecified atom stereocenters. The summed E-state index contributed by atoms with van der Waals surface area (Å²) in [5, 5.41) is 12.5. The number of ether oxygens (including phenoxy) is 1. The van der Waals surface area contributed by atoms with E-state index in [0.29, 0.717) is 29.4 Å². The Balaban J connectivity index is 1.49. The zero-order valence-electron chi connectivity index (χ0n) is 17.1. The first kappa shape index (κ1) is 20.5. The minimum absolute atomic E-state index is 0.0486. The molecule has 1 saturated carbocycles. The highest BCUT2D eigenvalue weighted by Crippen LogP contribution is 2.24. The van der Waals surface area contributed by atoms with Crippen molar-refractivity contribution in [1.82, 2.24) is 20.1 Å². The van der Waals surface area contributed by atoms with Crippen LogP contribution in [0.3, 0.4) is 0 Å². The Bertz CT molecular complexity index is 967. The summed E-state index contributed by atoms with van der Waals surface area (Å²) in [6, 6.07) is 18.1. The van der Waals surface area contributed by atoms with Gasteiger partial charge >= 0.3 is 0 Å². The van der Waals surface area contributed by atoms with E-state index in [9.17, 15) is 4.79 Å². The van der Waals surface area contributed by atoms with Gasteiger partial charge in [-0.1, -0.05) is 60.5 Å². The minimum atomic E-state index is 0.0486. The lowest BCUT2D eigenvalue weighted by molar-refractivity contribution is -0.119. The second kappa shape index (κ2) is 9.80. The van der Waals surface area contributed by atoms with Gasteiger partial charge in [-0.05, 0) is 44.0 Å². The van der Waals surface area contributed by atoms with E-state index in [1.165, 1.54) is 30.2 Å². The molecule has 1 heterocycles. The van der Waals surface area contributed by atoms with Crippen LogP contribution in [0.4, 0.5) is 0 Å². The van der Waals surface area contributed by atoms with E-state index >= 15 is 0 Å². The third-order valence-electron chi connectivity index (χ3n) is 5.16. The molecule has 1 aromatic heterocycles. The maximum absolute atomic E-state index is 12.4. The molecule has 0 bridgehead atoms. The Morgan fingerprint density at radius 2 is 1.83 bits per heavy atom. The van der Waals surface area contributed by atoms with Crippen LogP contribution >= 0.6 is 11.8 Å². The monoisotopic (exact) mass is 422 g/mol. The zero-order chi connectivity index (χ0) is 20.8. The number of amides is 1. The van der Waals surface area contributed by atoms with E-state index in [4.69, 9.17) is 4.74 Å². The number of hydrogen-bond acceptors (Lipinski definition) is 5. The van der Waals surface area contributed by atoms with Gasteiger partial charge in [-0.25, -0.2) is 0 Å². The fraction of sp³-hybridized carbons (Fsp3) is 0.348. The third kappa shape index (κ3) is 5.21. The molecule has 4 rings (SSSR count). The van der Waals surface area contributed by atoms with Crippen LogP contribution in [-0.4, -0.2) is 32.5 Å². The van der Waals surface area contributed by atoms with Gasteiger partial charge in [0.1, 0.15) is 12.4 Å². The number of hydrogen-bond donors (Lipinski definition) is 1. The van der Waals surface area contributed by atoms with Crippen molar-refractivity contribution in [2.45, 2.75) is 50.4 Å². The van der Waals surface area contributed by atoms with Crippen LogP contribution in [0.25, 0.3) is 5.69 Å². The fourth-order valence-corrected chi connectivity index (χ4v) is 4.36. The molecule has 1 N–H and O–H groups in total. The molecule has 1 aliphatic carbocycles. The number of aromatic nitrogens is 3. The number of benzene rings is 2. The van der Waals surface area contributed by atoms with Crippen molar-refractivity contribution >= 4 is 17.7 Å². The smallest absolute Gasteiger partial charge is 0.230 e. The average Bonchev–Trinajstić information content (AvgIpc) is 3.42. The Kier molecular flexibility index (Phi) is 6.69. The molecule has 0 spiro atoms. The van der Waals surface area contributed by atoms with Crippen molar-refractivity contribution in [2.24, 2.45) is 0 Å². The summed E-state index contributed by atoms with van der Waals surface area (Å²) in [5.74, 6) is 1.84. The maximum atomic E-state index is 12.4. The van der Waals surface area contributed by atoms with Crippen LogP contribution in [-0.2, 0) is 11.4 Å². The van der Waals surface area contributed by atoms with Gasteiger partial charge in [0.05, 0.1) is 5.75 Å². The van der Waals surface area contributed by atoms with E-state index in [0.717, 1.165) is 24.3 Å². The zero-order valence-corrected chi connectivity index (χ0v) is 17.9. The topological polar surface area (TPSA) is 69.0 Å². The first-order chi connectivity index (χ1) is 14.7. The SMILES string of the molecule is Cc1ccc(-n2c(COc3ccccc3)nnc2SCC(=O)NC2CCCC2)cc1. The number of carbonyl (C=O) groups is 1. The van der Waals surface area contributed by atoms with Gasteiger partial charge in [0.15, 0.2) is 11.0 Å². The van der Waals surface area contributed by atoms with Crippen LogP contribution in [0, 0.1) is 6.92 Å². The van der Waals surface area contributed by atoms with Gasteiger partial charge in [-0.3, -0.25) is 9.36 Å². The first-order valence-electron chi connectivity index (χ1n) is 10.3. The summed E-state index contributed by atoms with van der Waals surface area (Å²) >= 11 is 1.40. The summed E-state index contributed by atoms with van der Waals surface area (Å²) in [7, 11) is 0. The molecular weight excluding hydrogens is 396 g/mol. The van der Waals surface area contributed by atoms with Gasteiger partial charge in [0, 0.05) is 11.7 Å². The predicted octanol–water partition coefficient (Wildman–Crippen LogP) is 4.31. The van der Waals surface area contributed by atoms with Crippen LogP contribution < -0.4 is 10.1 Å². The normalized spacial score (nSPS) is 14.0. The second-order valence-electron chi connectivity index (χ2n) is 7.51. The molecule has 0 aliphatic heterocycles. The van der Waals surface area contributed by atoms with Crippen LogP contribution in [0.5, 0.6) is 5.75 Å². The molecule has 1 amide bonds.